The number of amides is 1. The first-order valence-electron chi connectivity index (χ1n) is 12.3. The molecule has 204 valence electrons. The van der Waals surface area contributed by atoms with Crippen LogP contribution in [0.1, 0.15) is 47.3 Å². The predicted molar refractivity (Wildman–Crippen MR) is 156 cm³/mol. The summed E-state index contributed by atoms with van der Waals surface area (Å²) in [7, 11) is 1.33. The second-order valence-corrected chi connectivity index (χ2v) is 11.1. The largest absolute Gasteiger partial charge is 0.483 e. The number of nitrogens with zero attached hydrogens (tertiary/aromatic N) is 3. The number of thioether (sulfide) groups is 1. The van der Waals surface area contributed by atoms with Gasteiger partial charge in [-0.2, -0.15) is 0 Å². The van der Waals surface area contributed by atoms with Gasteiger partial charge in [0.2, 0.25) is 5.91 Å². The van der Waals surface area contributed by atoms with E-state index in [1.54, 1.807) is 12.1 Å². The van der Waals surface area contributed by atoms with Crippen LogP contribution in [0.25, 0.3) is 11.1 Å². The lowest BCUT2D eigenvalue weighted by Crippen LogP contribution is -2.17. The molecule has 4 rings (SSSR count). The molecular formula is C28H29ClN4O4S2. The van der Waals surface area contributed by atoms with E-state index >= 15 is 0 Å². The molecule has 0 spiro atoms. The maximum Gasteiger partial charge on any atom is 0.341 e. The van der Waals surface area contributed by atoms with Crippen LogP contribution in [0.15, 0.2) is 53.0 Å². The average Bonchev–Trinajstić information content (AvgIpc) is 3.52. The van der Waals surface area contributed by atoms with Crippen molar-refractivity contribution in [2.45, 2.75) is 45.5 Å². The fourth-order valence-corrected chi connectivity index (χ4v) is 6.03. The van der Waals surface area contributed by atoms with Gasteiger partial charge in [-0.1, -0.05) is 53.2 Å². The van der Waals surface area contributed by atoms with E-state index in [1.807, 2.05) is 68.0 Å². The summed E-state index contributed by atoms with van der Waals surface area (Å²) in [6.07, 6.45) is -0.378. The molecule has 0 fully saturated rings. The summed E-state index contributed by atoms with van der Waals surface area (Å²) in [5, 5.41) is 15.0. The summed E-state index contributed by atoms with van der Waals surface area (Å²) in [6.45, 7) is 8.45. The summed E-state index contributed by atoms with van der Waals surface area (Å²) in [5.74, 6) is 0.588. The Kier molecular flexibility index (Phi) is 9.32. The molecule has 2 heterocycles. The molecule has 0 aliphatic rings. The average molecular weight is 585 g/mol. The fraction of sp³-hybridized carbons (Fsp3) is 0.286. The SMILES string of the molecule is CCn1c(SCC(=O)Nc2scc(-c3cc(C)ccc3C)c2C(=O)OC)nnc1C(C)Oc1cccc(Cl)c1. The standard InChI is InChI=1S/C28H29ClN4O4S2/c1-6-33-25(18(4)37-20-9-7-8-19(29)13-20)31-32-28(33)39-15-23(34)30-26-24(27(35)36-5)22(14-38-26)21-12-16(2)10-11-17(21)3/h7-14,18H,6,15H2,1-5H3,(H,30,34). The van der Waals surface area contributed by atoms with Crippen LogP contribution in [0.2, 0.25) is 5.02 Å². The highest BCUT2D eigenvalue weighted by molar-refractivity contribution is 7.99. The van der Waals surface area contributed by atoms with Gasteiger partial charge in [-0.15, -0.1) is 21.5 Å². The number of carbonyl (C=O) groups is 2. The van der Waals surface area contributed by atoms with E-state index in [0.29, 0.717) is 38.9 Å². The molecule has 0 radical (unpaired) electrons. The fourth-order valence-electron chi connectivity index (χ4n) is 4.07. The van der Waals surface area contributed by atoms with Crippen LogP contribution in [0.5, 0.6) is 5.75 Å². The van der Waals surface area contributed by atoms with Crippen molar-refractivity contribution in [3.63, 3.8) is 0 Å². The van der Waals surface area contributed by atoms with Crippen molar-refractivity contribution >= 4 is 51.6 Å². The first-order valence-corrected chi connectivity index (χ1v) is 14.5. The summed E-state index contributed by atoms with van der Waals surface area (Å²) < 4.78 is 13.0. The van der Waals surface area contributed by atoms with Crippen molar-refractivity contribution in [2.24, 2.45) is 0 Å². The van der Waals surface area contributed by atoms with Crippen molar-refractivity contribution in [2.75, 3.05) is 18.2 Å². The Labute approximate surface area is 240 Å². The number of methoxy groups -OCH3 is 1. The topological polar surface area (TPSA) is 95.3 Å². The van der Waals surface area contributed by atoms with Crippen LogP contribution in [0.3, 0.4) is 0 Å². The first kappa shape index (κ1) is 28.7. The number of ether oxygens (including phenoxy) is 2. The molecule has 4 aromatic rings. The Bertz CT molecular complexity index is 1500. The van der Waals surface area contributed by atoms with Crippen molar-refractivity contribution in [3.05, 3.63) is 75.4 Å². The molecule has 0 saturated heterocycles. The number of aromatic nitrogens is 3. The van der Waals surface area contributed by atoms with E-state index in [1.165, 1.54) is 30.2 Å². The Hall–Kier alpha value is -3.34. The number of thiophene rings is 1. The summed E-state index contributed by atoms with van der Waals surface area (Å²) in [5.41, 5.74) is 4.12. The number of hydrogen-bond donors (Lipinski definition) is 1. The van der Waals surface area contributed by atoms with Crippen molar-refractivity contribution < 1.29 is 19.1 Å². The van der Waals surface area contributed by atoms with Crippen LogP contribution in [-0.4, -0.2) is 39.5 Å². The number of rotatable bonds is 10. The predicted octanol–water partition coefficient (Wildman–Crippen LogP) is 6.95. The lowest BCUT2D eigenvalue weighted by molar-refractivity contribution is -0.113. The number of carbonyl (C=O) groups excluding carboxylic acids is 2. The van der Waals surface area contributed by atoms with Crippen molar-refractivity contribution in [1.29, 1.82) is 0 Å². The quantitative estimate of drug-likeness (QED) is 0.159. The number of benzene rings is 2. The Morgan fingerprint density at radius 2 is 1.95 bits per heavy atom. The highest BCUT2D eigenvalue weighted by atomic mass is 35.5. The molecule has 1 unspecified atom stereocenters. The minimum atomic E-state index is -0.501. The summed E-state index contributed by atoms with van der Waals surface area (Å²) in [4.78, 5) is 25.7. The van der Waals surface area contributed by atoms with Gasteiger partial charge in [0, 0.05) is 22.5 Å². The summed E-state index contributed by atoms with van der Waals surface area (Å²) >= 11 is 8.63. The Morgan fingerprint density at radius 3 is 2.67 bits per heavy atom. The molecule has 2 aromatic heterocycles. The van der Waals surface area contributed by atoms with Gasteiger partial charge < -0.3 is 19.4 Å². The van der Waals surface area contributed by atoms with E-state index in [9.17, 15) is 9.59 Å². The second kappa shape index (κ2) is 12.7. The highest BCUT2D eigenvalue weighted by Gasteiger charge is 2.24. The van der Waals surface area contributed by atoms with Gasteiger partial charge in [0.25, 0.3) is 0 Å². The normalized spacial score (nSPS) is 11.7. The number of anilines is 1. The van der Waals surface area contributed by atoms with Crippen molar-refractivity contribution in [1.82, 2.24) is 14.8 Å². The third-order valence-electron chi connectivity index (χ3n) is 5.98. The van der Waals surface area contributed by atoms with Gasteiger partial charge in [0.15, 0.2) is 17.1 Å². The van der Waals surface area contributed by atoms with Crippen LogP contribution in [0, 0.1) is 13.8 Å². The zero-order chi connectivity index (χ0) is 28.1. The second-order valence-electron chi connectivity index (χ2n) is 8.80. The molecule has 8 nitrogen and oxygen atoms in total. The molecular weight excluding hydrogens is 556 g/mol. The van der Waals surface area contributed by atoms with Crippen LogP contribution < -0.4 is 10.1 Å². The lowest BCUT2D eigenvalue weighted by atomic mass is 9.97. The van der Waals surface area contributed by atoms with E-state index < -0.39 is 5.97 Å². The van der Waals surface area contributed by atoms with Gasteiger partial charge >= 0.3 is 5.97 Å². The number of hydrogen-bond acceptors (Lipinski definition) is 8. The molecule has 0 aliphatic heterocycles. The van der Waals surface area contributed by atoms with E-state index in [2.05, 4.69) is 15.5 Å². The van der Waals surface area contributed by atoms with E-state index in [0.717, 1.165) is 22.3 Å². The third-order valence-corrected chi connectivity index (χ3v) is 8.08. The molecule has 1 atom stereocenters. The van der Waals surface area contributed by atoms with Gasteiger partial charge in [0.05, 0.1) is 12.9 Å². The molecule has 1 N–H and O–H groups in total. The van der Waals surface area contributed by atoms with Crippen LogP contribution in [-0.2, 0) is 16.1 Å². The molecule has 39 heavy (non-hydrogen) atoms. The Balaban J connectivity index is 1.48. The monoisotopic (exact) mass is 584 g/mol. The zero-order valence-corrected chi connectivity index (χ0v) is 24.7. The maximum atomic E-state index is 13.0. The van der Waals surface area contributed by atoms with Crippen LogP contribution >= 0.6 is 34.7 Å². The number of aryl methyl sites for hydroxylation is 2. The third kappa shape index (κ3) is 6.63. The molecule has 11 heteroatoms. The van der Waals surface area contributed by atoms with Gasteiger partial charge in [-0.25, -0.2) is 4.79 Å². The minimum absolute atomic E-state index is 0.0823. The molecule has 0 saturated carbocycles. The zero-order valence-electron chi connectivity index (χ0n) is 22.3. The van der Waals surface area contributed by atoms with E-state index in [4.69, 9.17) is 21.1 Å². The number of nitrogens with one attached hydrogen (secondary N) is 1. The molecule has 2 aromatic carbocycles. The van der Waals surface area contributed by atoms with Gasteiger partial charge in [-0.3, -0.25) is 4.79 Å². The maximum absolute atomic E-state index is 13.0. The lowest BCUT2D eigenvalue weighted by Gasteiger charge is -2.15. The Morgan fingerprint density at radius 1 is 1.15 bits per heavy atom. The number of halogens is 1. The van der Waals surface area contributed by atoms with Crippen LogP contribution in [0.4, 0.5) is 5.00 Å². The van der Waals surface area contributed by atoms with E-state index in [-0.39, 0.29) is 17.8 Å². The van der Waals surface area contributed by atoms with Gasteiger partial charge in [0.1, 0.15) is 16.3 Å². The summed E-state index contributed by atoms with van der Waals surface area (Å²) in [6, 6.07) is 13.2. The van der Waals surface area contributed by atoms with Gasteiger partial charge in [-0.05, 0) is 57.0 Å². The molecule has 0 aliphatic carbocycles. The smallest absolute Gasteiger partial charge is 0.341 e. The highest BCUT2D eigenvalue weighted by Crippen LogP contribution is 2.38. The molecule has 0 bridgehead atoms. The number of esters is 1. The first-order chi connectivity index (χ1) is 18.7. The van der Waals surface area contributed by atoms with Crippen molar-refractivity contribution in [3.8, 4) is 16.9 Å². The minimum Gasteiger partial charge on any atom is -0.483 e. The molecule has 1 amide bonds.